The minimum atomic E-state index is 0.0578. The molecule has 0 saturated heterocycles. The van der Waals surface area contributed by atoms with Gasteiger partial charge in [-0.15, -0.1) is 0 Å². The fourth-order valence-electron chi connectivity index (χ4n) is 1.80. The van der Waals surface area contributed by atoms with Gasteiger partial charge in [-0.05, 0) is 38.5 Å². The quantitative estimate of drug-likeness (QED) is 0.892. The summed E-state index contributed by atoms with van der Waals surface area (Å²) < 4.78 is 0.932. The van der Waals surface area contributed by atoms with Crippen molar-refractivity contribution in [2.45, 2.75) is 39.2 Å². The van der Waals surface area contributed by atoms with Gasteiger partial charge in [0.1, 0.15) is 0 Å². The molecule has 0 amide bonds. The summed E-state index contributed by atoms with van der Waals surface area (Å²) in [5.41, 5.74) is 1.72. The second-order valence-electron chi connectivity index (χ2n) is 4.60. The number of nitrogens with zero attached hydrogens (tertiary/aromatic N) is 1. The smallest absolute Gasteiger partial charge is 0.0992 e. The molecule has 86 valence electrons. The molecule has 0 radical (unpaired) electrons. The lowest BCUT2D eigenvalue weighted by atomic mass is 9.98. The second kappa shape index (κ2) is 5.36. The Hall–Kier alpha value is -1.01. The van der Waals surface area contributed by atoms with Crippen molar-refractivity contribution in [3.8, 4) is 6.07 Å². The predicted molar refractivity (Wildman–Crippen MR) is 71.5 cm³/mol. The maximum absolute atomic E-state index is 8.89. The molecule has 0 aliphatic rings. The first kappa shape index (κ1) is 13.1. The first-order valence-corrected chi connectivity index (χ1v) is 6.25. The molecule has 0 atom stereocenters. The number of benzene rings is 1. The summed E-state index contributed by atoms with van der Waals surface area (Å²) in [6.45, 7) is 6.51. The van der Waals surface area contributed by atoms with Crippen LogP contribution in [0, 0.1) is 11.3 Å². The summed E-state index contributed by atoms with van der Waals surface area (Å²) in [4.78, 5) is 0. The average Bonchev–Trinajstić information content (AvgIpc) is 2.15. The first-order valence-electron chi connectivity index (χ1n) is 5.46. The van der Waals surface area contributed by atoms with E-state index in [2.05, 4.69) is 48.1 Å². The van der Waals surface area contributed by atoms with Crippen molar-refractivity contribution in [3.63, 3.8) is 0 Å². The van der Waals surface area contributed by atoms with Crippen LogP contribution in [0.4, 0.5) is 5.69 Å². The summed E-state index contributed by atoms with van der Waals surface area (Å²) in [5.74, 6) is 0. The molecular formula is C13H17BrN2. The Labute approximate surface area is 106 Å². The molecule has 0 fully saturated rings. The predicted octanol–water partition coefficient (Wildman–Crippen LogP) is 4.31. The van der Waals surface area contributed by atoms with E-state index in [-0.39, 0.29) is 5.54 Å². The van der Waals surface area contributed by atoms with E-state index in [1.165, 1.54) is 0 Å². The highest BCUT2D eigenvalue weighted by atomic mass is 79.9. The Bertz CT molecular complexity index is 405. The molecule has 0 aliphatic carbocycles. The van der Waals surface area contributed by atoms with Gasteiger partial charge in [0.15, 0.2) is 0 Å². The lowest BCUT2D eigenvalue weighted by Crippen LogP contribution is -2.30. The van der Waals surface area contributed by atoms with Gasteiger partial charge in [0.05, 0.1) is 11.6 Å². The van der Waals surface area contributed by atoms with E-state index >= 15 is 0 Å². The highest BCUT2D eigenvalue weighted by Crippen LogP contribution is 2.24. The number of halogens is 1. The summed E-state index contributed by atoms with van der Waals surface area (Å²) in [6, 6.07) is 7.85. The monoisotopic (exact) mass is 280 g/mol. The Morgan fingerprint density at radius 1 is 1.38 bits per heavy atom. The Morgan fingerprint density at radius 2 is 2.06 bits per heavy atom. The van der Waals surface area contributed by atoms with Gasteiger partial charge in [-0.2, -0.15) is 5.26 Å². The molecule has 0 bridgehead atoms. The van der Waals surface area contributed by atoms with Gasteiger partial charge in [0.2, 0.25) is 0 Å². The fraction of sp³-hybridized carbons (Fsp3) is 0.462. The van der Waals surface area contributed by atoms with Crippen molar-refractivity contribution in [2.24, 2.45) is 0 Å². The molecule has 1 aromatic carbocycles. The van der Waals surface area contributed by atoms with Crippen molar-refractivity contribution in [1.82, 2.24) is 0 Å². The van der Waals surface area contributed by atoms with Crippen LogP contribution < -0.4 is 5.32 Å². The van der Waals surface area contributed by atoms with Crippen molar-refractivity contribution < 1.29 is 0 Å². The molecule has 16 heavy (non-hydrogen) atoms. The maximum Gasteiger partial charge on any atom is 0.0992 e. The molecule has 0 spiro atoms. The van der Waals surface area contributed by atoms with Crippen LogP contribution in [-0.4, -0.2) is 5.54 Å². The van der Waals surface area contributed by atoms with Crippen LogP contribution in [0.5, 0.6) is 0 Å². The van der Waals surface area contributed by atoms with Crippen LogP contribution in [0.2, 0.25) is 0 Å². The summed E-state index contributed by atoms with van der Waals surface area (Å²) >= 11 is 3.41. The normalized spacial score (nSPS) is 10.9. The van der Waals surface area contributed by atoms with Gasteiger partial charge >= 0.3 is 0 Å². The summed E-state index contributed by atoms with van der Waals surface area (Å²) in [7, 11) is 0. The standard InChI is InChI=1S/C13H17BrN2/c1-4-5-13(2,3)16-12-7-10(9-15)6-11(14)8-12/h6-8,16H,4-5H2,1-3H3. The molecule has 0 aliphatic heterocycles. The minimum absolute atomic E-state index is 0.0578. The highest BCUT2D eigenvalue weighted by Gasteiger charge is 2.16. The first-order chi connectivity index (χ1) is 7.46. The Kier molecular flexibility index (Phi) is 4.37. The molecular weight excluding hydrogens is 264 g/mol. The van der Waals surface area contributed by atoms with E-state index in [9.17, 15) is 0 Å². The molecule has 3 heteroatoms. The second-order valence-corrected chi connectivity index (χ2v) is 5.51. The lowest BCUT2D eigenvalue weighted by molar-refractivity contribution is 0.511. The number of nitrogens with one attached hydrogen (secondary N) is 1. The molecule has 0 aromatic heterocycles. The molecule has 0 unspecified atom stereocenters. The number of hydrogen-bond acceptors (Lipinski definition) is 2. The molecule has 1 aromatic rings. The van der Waals surface area contributed by atoms with Crippen LogP contribution >= 0.6 is 15.9 Å². The number of rotatable bonds is 4. The third-order valence-corrected chi connectivity index (χ3v) is 2.84. The van der Waals surface area contributed by atoms with Gasteiger partial charge in [-0.1, -0.05) is 29.3 Å². The van der Waals surface area contributed by atoms with E-state index in [4.69, 9.17) is 5.26 Å². The van der Waals surface area contributed by atoms with Crippen LogP contribution in [0.15, 0.2) is 22.7 Å². The number of hydrogen-bond donors (Lipinski definition) is 1. The topological polar surface area (TPSA) is 35.8 Å². The average molecular weight is 281 g/mol. The van der Waals surface area contributed by atoms with E-state index in [1.54, 1.807) is 0 Å². The van der Waals surface area contributed by atoms with Gasteiger partial charge in [-0.25, -0.2) is 0 Å². The molecule has 1 N–H and O–H groups in total. The largest absolute Gasteiger partial charge is 0.380 e. The highest BCUT2D eigenvalue weighted by molar-refractivity contribution is 9.10. The minimum Gasteiger partial charge on any atom is -0.380 e. The van der Waals surface area contributed by atoms with E-state index in [1.807, 2.05) is 18.2 Å². The van der Waals surface area contributed by atoms with Crippen molar-refractivity contribution in [2.75, 3.05) is 5.32 Å². The third kappa shape index (κ3) is 3.86. The fourth-order valence-corrected chi connectivity index (χ4v) is 2.30. The summed E-state index contributed by atoms with van der Waals surface area (Å²) in [6.07, 6.45) is 2.24. The summed E-state index contributed by atoms with van der Waals surface area (Å²) in [5, 5.41) is 12.3. The molecule has 2 nitrogen and oxygen atoms in total. The lowest BCUT2D eigenvalue weighted by Gasteiger charge is -2.27. The van der Waals surface area contributed by atoms with Crippen molar-refractivity contribution >= 4 is 21.6 Å². The van der Waals surface area contributed by atoms with Crippen molar-refractivity contribution in [1.29, 1.82) is 5.26 Å². The Balaban J connectivity index is 2.89. The maximum atomic E-state index is 8.89. The van der Waals surface area contributed by atoms with E-state index in [0.29, 0.717) is 5.56 Å². The molecule has 1 rings (SSSR count). The molecule has 0 saturated carbocycles. The SMILES string of the molecule is CCCC(C)(C)Nc1cc(Br)cc(C#N)c1. The van der Waals surface area contributed by atoms with Gasteiger partial charge in [-0.3, -0.25) is 0 Å². The van der Waals surface area contributed by atoms with E-state index < -0.39 is 0 Å². The zero-order valence-electron chi connectivity index (χ0n) is 9.97. The molecule has 0 heterocycles. The zero-order valence-corrected chi connectivity index (χ0v) is 11.6. The van der Waals surface area contributed by atoms with Crippen LogP contribution in [0.25, 0.3) is 0 Å². The van der Waals surface area contributed by atoms with E-state index in [0.717, 1.165) is 23.0 Å². The zero-order chi connectivity index (χ0) is 12.2. The van der Waals surface area contributed by atoms with Crippen LogP contribution in [0.3, 0.4) is 0 Å². The van der Waals surface area contributed by atoms with Crippen LogP contribution in [0.1, 0.15) is 39.2 Å². The van der Waals surface area contributed by atoms with Crippen LogP contribution in [-0.2, 0) is 0 Å². The Morgan fingerprint density at radius 3 is 2.62 bits per heavy atom. The van der Waals surface area contributed by atoms with Gasteiger partial charge in [0.25, 0.3) is 0 Å². The van der Waals surface area contributed by atoms with Crippen molar-refractivity contribution in [3.05, 3.63) is 28.2 Å². The van der Waals surface area contributed by atoms with Gasteiger partial charge in [0, 0.05) is 15.7 Å². The van der Waals surface area contributed by atoms with Gasteiger partial charge < -0.3 is 5.32 Å². The number of nitriles is 1. The number of anilines is 1. The third-order valence-electron chi connectivity index (χ3n) is 2.38.